The van der Waals surface area contributed by atoms with E-state index in [0.717, 1.165) is 11.3 Å². The van der Waals surface area contributed by atoms with Crippen molar-refractivity contribution < 1.29 is 18.8 Å². The number of piperazine rings is 1. The normalized spacial score (nSPS) is 13.3. The van der Waals surface area contributed by atoms with Crippen molar-refractivity contribution in [1.82, 2.24) is 9.80 Å². The molecule has 1 heterocycles. The third-order valence-electron chi connectivity index (χ3n) is 6.70. The molecular weight excluding hydrogens is 497 g/mol. The number of hydrogen-bond donors (Lipinski definition) is 2. The molecule has 0 unspecified atom stereocenters. The van der Waals surface area contributed by atoms with Crippen LogP contribution < -0.4 is 15.5 Å². The van der Waals surface area contributed by atoms with E-state index < -0.39 is 5.82 Å². The Hall–Kier alpha value is -4.40. The van der Waals surface area contributed by atoms with Crippen LogP contribution in [0, 0.1) is 12.7 Å². The van der Waals surface area contributed by atoms with E-state index in [-0.39, 0.29) is 36.1 Å². The molecule has 0 radical (unpaired) electrons. The number of benzene rings is 3. The van der Waals surface area contributed by atoms with Gasteiger partial charge in [-0.05, 0) is 69.3 Å². The van der Waals surface area contributed by atoms with Crippen molar-refractivity contribution >= 4 is 34.9 Å². The van der Waals surface area contributed by atoms with Gasteiger partial charge in [-0.2, -0.15) is 0 Å². The Bertz CT molecular complexity index is 1300. The molecule has 204 valence electrons. The molecule has 1 saturated heterocycles. The number of carbonyl (C=O) groups excluding carboxylic acids is 3. The number of aryl methyl sites for hydroxylation is 1. The Balaban J connectivity index is 1.28. The fraction of sp³-hybridized carbons (Fsp3) is 0.300. The minimum Gasteiger partial charge on any atom is -0.368 e. The van der Waals surface area contributed by atoms with Crippen molar-refractivity contribution in [3.05, 3.63) is 89.7 Å². The number of para-hydroxylation sites is 1. The van der Waals surface area contributed by atoms with Gasteiger partial charge in [-0.3, -0.25) is 9.59 Å². The number of carbonyl (C=O) groups is 3. The second-order valence-corrected chi connectivity index (χ2v) is 9.87. The SMILES string of the molecule is Cc1ccc(C(=O)N(CC(=O)Nc2ccc(N3CCN(C(=O)Nc4ccccc4F)CC3)cc2)C(C)C)cc1. The summed E-state index contributed by atoms with van der Waals surface area (Å²) >= 11 is 0. The Kier molecular flexibility index (Phi) is 8.81. The molecule has 3 aromatic carbocycles. The highest BCUT2D eigenvalue weighted by Gasteiger charge is 2.23. The first-order valence-corrected chi connectivity index (χ1v) is 13.0. The van der Waals surface area contributed by atoms with Crippen LogP contribution in [0.5, 0.6) is 0 Å². The fourth-order valence-electron chi connectivity index (χ4n) is 4.39. The van der Waals surface area contributed by atoms with Gasteiger partial charge in [-0.15, -0.1) is 0 Å². The third kappa shape index (κ3) is 7.13. The highest BCUT2D eigenvalue weighted by molar-refractivity contribution is 5.99. The van der Waals surface area contributed by atoms with Gasteiger partial charge in [-0.25, -0.2) is 9.18 Å². The maximum atomic E-state index is 13.8. The van der Waals surface area contributed by atoms with Gasteiger partial charge in [0.1, 0.15) is 12.4 Å². The number of hydrogen-bond acceptors (Lipinski definition) is 4. The van der Waals surface area contributed by atoms with Crippen LogP contribution in [0.25, 0.3) is 0 Å². The van der Waals surface area contributed by atoms with E-state index in [1.165, 1.54) is 12.1 Å². The number of anilines is 3. The molecule has 3 aromatic rings. The summed E-state index contributed by atoms with van der Waals surface area (Å²) in [6, 6.07) is 20.4. The number of amides is 4. The Morgan fingerprint density at radius 1 is 0.872 bits per heavy atom. The Morgan fingerprint density at radius 2 is 1.51 bits per heavy atom. The summed E-state index contributed by atoms with van der Waals surface area (Å²) in [6.45, 7) is 7.93. The standard InChI is InChI=1S/C30H34FN5O3/c1-21(2)36(29(38)23-10-8-22(3)9-11-23)20-28(37)32-24-12-14-25(15-13-24)34-16-18-35(19-17-34)30(39)33-27-7-5-4-6-26(27)31/h4-15,21H,16-20H2,1-3H3,(H,32,37)(H,33,39). The molecule has 9 heteroatoms. The smallest absolute Gasteiger partial charge is 0.322 e. The molecule has 0 saturated carbocycles. The second kappa shape index (κ2) is 12.4. The summed E-state index contributed by atoms with van der Waals surface area (Å²) in [6.07, 6.45) is 0. The summed E-state index contributed by atoms with van der Waals surface area (Å²) in [4.78, 5) is 43.6. The highest BCUT2D eigenvalue weighted by atomic mass is 19.1. The third-order valence-corrected chi connectivity index (χ3v) is 6.70. The van der Waals surface area contributed by atoms with E-state index in [2.05, 4.69) is 15.5 Å². The van der Waals surface area contributed by atoms with Crippen LogP contribution >= 0.6 is 0 Å². The lowest BCUT2D eigenvalue weighted by Crippen LogP contribution is -2.50. The van der Waals surface area contributed by atoms with Gasteiger partial charge in [-0.1, -0.05) is 29.8 Å². The molecule has 2 N–H and O–H groups in total. The first-order chi connectivity index (χ1) is 18.7. The first kappa shape index (κ1) is 27.6. The Morgan fingerprint density at radius 3 is 2.13 bits per heavy atom. The zero-order chi connectivity index (χ0) is 27.9. The molecule has 0 bridgehead atoms. The van der Waals surface area contributed by atoms with Gasteiger partial charge >= 0.3 is 6.03 Å². The van der Waals surface area contributed by atoms with E-state index in [1.807, 2.05) is 57.2 Å². The molecule has 1 aliphatic rings. The number of nitrogens with one attached hydrogen (secondary N) is 2. The van der Waals surface area contributed by atoms with Crippen molar-refractivity contribution in [2.75, 3.05) is 48.3 Å². The van der Waals surface area contributed by atoms with Gasteiger partial charge in [0.05, 0.1) is 5.69 Å². The maximum Gasteiger partial charge on any atom is 0.322 e. The number of nitrogens with zero attached hydrogens (tertiary/aromatic N) is 3. The summed E-state index contributed by atoms with van der Waals surface area (Å²) in [7, 11) is 0. The molecule has 8 nitrogen and oxygen atoms in total. The molecule has 1 fully saturated rings. The number of urea groups is 1. The number of rotatable bonds is 7. The van der Waals surface area contributed by atoms with Crippen LogP contribution in [0.2, 0.25) is 0 Å². The van der Waals surface area contributed by atoms with Gasteiger partial charge in [0.15, 0.2) is 0 Å². The van der Waals surface area contributed by atoms with E-state index in [0.29, 0.717) is 37.4 Å². The van der Waals surface area contributed by atoms with Crippen LogP contribution in [-0.4, -0.2) is 66.4 Å². The molecule has 4 rings (SSSR count). The molecule has 0 aliphatic carbocycles. The van der Waals surface area contributed by atoms with Crippen molar-refractivity contribution in [1.29, 1.82) is 0 Å². The lowest BCUT2D eigenvalue weighted by atomic mass is 10.1. The van der Waals surface area contributed by atoms with Crippen molar-refractivity contribution in [3.8, 4) is 0 Å². The van der Waals surface area contributed by atoms with Crippen molar-refractivity contribution in [2.24, 2.45) is 0 Å². The second-order valence-electron chi connectivity index (χ2n) is 9.87. The van der Waals surface area contributed by atoms with Crippen LogP contribution in [-0.2, 0) is 4.79 Å². The molecule has 1 aliphatic heterocycles. The average molecular weight is 532 g/mol. The molecular formula is C30H34FN5O3. The summed E-state index contributed by atoms with van der Waals surface area (Å²) in [5, 5.41) is 5.51. The van der Waals surface area contributed by atoms with Crippen molar-refractivity contribution in [3.63, 3.8) is 0 Å². The fourth-order valence-corrected chi connectivity index (χ4v) is 4.39. The molecule has 4 amide bonds. The largest absolute Gasteiger partial charge is 0.368 e. The monoisotopic (exact) mass is 531 g/mol. The minimum atomic E-state index is -0.466. The lowest BCUT2D eigenvalue weighted by Gasteiger charge is -2.36. The van der Waals surface area contributed by atoms with Crippen LogP contribution in [0.3, 0.4) is 0 Å². The average Bonchev–Trinajstić information content (AvgIpc) is 2.93. The summed E-state index contributed by atoms with van der Waals surface area (Å²) in [5.74, 6) is -0.921. The topological polar surface area (TPSA) is 85.0 Å². The molecule has 0 spiro atoms. The number of halogens is 1. The van der Waals surface area contributed by atoms with E-state index >= 15 is 0 Å². The van der Waals surface area contributed by atoms with Gasteiger partial charge in [0.2, 0.25) is 5.91 Å². The van der Waals surface area contributed by atoms with E-state index in [4.69, 9.17) is 0 Å². The quantitative estimate of drug-likeness (QED) is 0.451. The minimum absolute atomic E-state index is 0.0525. The van der Waals surface area contributed by atoms with E-state index in [1.54, 1.807) is 34.1 Å². The van der Waals surface area contributed by atoms with Crippen LogP contribution in [0.1, 0.15) is 29.8 Å². The predicted molar refractivity (Wildman–Crippen MR) is 152 cm³/mol. The molecule has 39 heavy (non-hydrogen) atoms. The van der Waals surface area contributed by atoms with E-state index in [9.17, 15) is 18.8 Å². The van der Waals surface area contributed by atoms with Gasteiger partial charge in [0.25, 0.3) is 5.91 Å². The van der Waals surface area contributed by atoms with Gasteiger partial charge < -0.3 is 25.3 Å². The van der Waals surface area contributed by atoms with Crippen LogP contribution in [0.15, 0.2) is 72.8 Å². The zero-order valence-electron chi connectivity index (χ0n) is 22.5. The molecule has 0 atom stereocenters. The van der Waals surface area contributed by atoms with Crippen LogP contribution in [0.4, 0.5) is 26.2 Å². The zero-order valence-corrected chi connectivity index (χ0v) is 22.5. The maximum absolute atomic E-state index is 13.8. The van der Waals surface area contributed by atoms with Crippen molar-refractivity contribution in [2.45, 2.75) is 26.8 Å². The predicted octanol–water partition coefficient (Wildman–Crippen LogP) is 4.98. The summed E-state index contributed by atoms with van der Waals surface area (Å²) < 4.78 is 13.8. The lowest BCUT2D eigenvalue weighted by molar-refractivity contribution is -0.117. The Labute approximate surface area is 228 Å². The first-order valence-electron chi connectivity index (χ1n) is 13.0. The van der Waals surface area contributed by atoms with Gasteiger partial charge in [0, 0.05) is 49.2 Å². The highest BCUT2D eigenvalue weighted by Crippen LogP contribution is 2.21. The summed E-state index contributed by atoms with van der Waals surface area (Å²) in [5.41, 5.74) is 3.39. The molecule has 0 aromatic heterocycles.